The van der Waals surface area contributed by atoms with Gasteiger partial charge in [0.05, 0.1) is 11.0 Å². The fourth-order valence-corrected chi connectivity index (χ4v) is 10.6. The molecule has 0 N–H and O–H groups in total. The van der Waals surface area contributed by atoms with Gasteiger partial charge in [-0.2, -0.15) is 0 Å². The highest BCUT2D eigenvalue weighted by Gasteiger charge is 2.36. The smallest absolute Gasteiger partial charge is 0.164 e. The molecular weight excluding hydrogens is 737 g/mol. The molecule has 0 spiro atoms. The normalized spacial score (nSPS) is 13.1. The minimum absolute atomic E-state index is 0.237. The highest BCUT2D eigenvalue weighted by Crippen LogP contribution is 2.51. The van der Waals surface area contributed by atoms with Gasteiger partial charge in [-0.3, -0.25) is 0 Å². The molecule has 278 valence electrons. The molecule has 3 aromatic heterocycles. The number of nitrogens with zero attached hydrogens (tertiary/aromatic N) is 4. The van der Waals surface area contributed by atoms with Crippen molar-refractivity contribution in [2.45, 2.75) is 19.3 Å². The maximum Gasteiger partial charge on any atom is 0.164 e. The van der Waals surface area contributed by atoms with Crippen LogP contribution in [0.4, 0.5) is 0 Å². The zero-order valence-corrected chi connectivity index (χ0v) is 33.3. The first kappa shape index (κ1) is 33.9. The number of fused-ring (bicyclic) bond motifs is 9. The number of para-hydroxylation sites is 2. The second-order valence-electron chi connectivity index (χ2n) is 16.0. The van der Waals surface area contributed by atoms with Crippen LogP contribution >= 0.6 is 11.3 Å². The lowest BCUT2D eigenvalue weighted by molar-refractivity contribution is 0.661. The van der Waals surface area contributed by atoms with Crippen LogP contribution in [-0.2, 0) is 5.41 Å². The summed E-state index contributed by atoms with van der Waals surface area (Å²) in [5.41, 5.74) is 13.7. The summed E-state index contributed by atoms with van der Waals surface area (Å²) in [4.78, 5) is 15.6. The Morgan fingerprint density at radius 3 is 1.73 bits per heavy atom. The number of hydrogen-bond donors (Lipinski definition) is 0. The number of aromatic nitrogens is 4. The largest absolute Gasteiger partial charge is 0.309 e. The van der Waals surface area contributed by atoms with Crippen LogP contribution < -0.4 is 0 Å². The van der Waals surface area contributed by atoms with Crippen LogP contribution in [0.1, 0.15) is 25.0 Å². The van der Waals surface area contributed by atoms with Crippen molar-refractivity contribution in [2.24, 2.45) is 0 Å². The van der Waals surface area contributed by atoms with Crippen LogP contribution in [-0.4, -0.2) is 19.5 Å². The van der Waals surface area contributed by atoms with Crippen LogP contribution in [0.2, 0.25) is 0 Å². The molecule has 0 amide bonds. The Morgan fingerprint density at radius 2 is 0.966 bits per heavy atom. The van der Waals surface area contributed by atoms with Crippen LogP contribution in [0.3, 0.4) is 0 Å². The minimum Gasteiger partial charge on any atom is -0.309 e. The average molecular weight is 773 g/mol. The van der Waals surface area contributed by atoms with E-state index >= 15 is 0 Å². The van der Waals surface area contributed by atoms with Crippen LogP contribution in [0.5, 0.6) is 0 Å². The number of thiophene rings is 1. The van der Waals surface area contributed by atoms with E-state index in [-0.39, 0.29) is 5.41 Å². The SMILES string of the molecule is CC1(C)c2cc(-c3nc(-c4ccccc4)nc(-c4ccc5c6ccccc6n(-c6ccccc6)c5c4)n3)ccc2-c2ccc(-c3cccc4c3sc3ccccc34)cc21. The summed E-state index contributed by atoms with van der Waals surface area (Å²) in [6.45, 7) is 4.70. The zero-order chi connectivity index (χ0) is 39.2. The van der Waals surface area contributed by atoms with E-state index in [1.165, 1.54) is 64.3 Å². The first-order chi connectivity index (χ1) is 29.0. The van der Waals surface area contributed by atoms with E-state index in [0.29, 0.717) is 17.5 Å². The summed E-state index contributed by atoms with van der Waals surface area (Å²) in [5, 5.41) is 5.05. The van der Waals surface area contributed by atoms with Crippen molar-refractivity contribution in [1.82, 2.24) is 19.5 Å². The third-order valence-corrected chi connectivity index (χ3v) is 13.5. The first-order valence-corrected chi connectivity index (χ1v) is 20.9. The second kappa shape index (κ2) is 12.9. The molecule has 8 aromatic carbocycles. The molecule has 4 nitrogen and oxygen atoms in total. The van der Waals surface area contributed by atoms with Crippen LogP contribution in [0.25, 0.3) is 104 Å². The Hall–Kier alpha value is -7.21. The van der Waals surface area contributed by atoms with Gasteiger partial charge in [0, 0.05) is 58.7 Å². The average Bonchev–Trinajstić information content (AvgIpc) is 3.91. The maximum atomic E-state index is 5.26. The summed E-state index contributed by atoms with van der Waals surface area (Å²) in [7, 11) is 0. The molecule has 0 radical (unpaired) electrons. The van der Waals surface area contributed by atoms with E-state index in [1.807, 2.05) is 29.5 Å². The quantitative estimate of drug-likeness (QED) is 0.175. The molecule has 0 unspecified atom stereocenters. The van der Waals surface area contributed by atoms with Crippen molar-refractivity contribution in [2.75, 3.05) is 0 Å². The van der Waals surface area contributed by atoms with Crippen LogP contribution in [0, 0.1) is 0 Å². The Bertz CT molecular complexity index is 3470. The van der Waals surface area contributed by atoms with Gasteiger partial charge in [-0.05, 0) is 75.8 Å². The van der Waals surface area contributed by atoms with E-state index in [4.69, 9.17) is 15.0 Å². The van der Waals surface area contributed by atoms with Gasteiger partial charge in [-0.25, -0.2) is 15.0 Å². The summed E-state index contributed by atoms with van der Waals surface area (Å²) in [5.74, 6) is 1.95. The molecule has 3 heterocycles. The molecule has 1 aliphatic rings. The molecular formula is C54H36N4S. The Morgan fingerprint density at radius 1 is 0.407 bits per heavy atom. The van der Waals surface area contributed by atoms with Crippen LogP contribution in [0.15, 0.2) is 182 Å². The lowest BCUT2D eigenvalue weighted by atomic mass is 9.81. The van der Waals surface area contributed by atoms with Gasteiger partial charge in [0.25, 0.3) is 0 Å². The summed E-state index contributed by atoms with van der Waals surface area (Å²) in [6, 6.07) is 65.3. The molecule has 0 atom stereocenters. The lowest BCUT2D eigenvalue weighted by Crippen LogP contribution is -2.15. The van der Waals surface area contributed by atoms with Gasteiger partial charge in [0.2, 0.25) is 0 Å². The van der Waals surface area contributed by atoms with Crippen molar-refractivity contribution in [3.05, 3.63) is 193 Å². The minimum atomic E-state index is -0.237. The number of rotatable bonds is 5. The third kappa shape index (κ3) is 5.25. The van der Waals surface area contributed by atoms with Crippen molar-refractivity contribution >= 4 is 53.3 Å². The first-order valence-electron chi connectivity index (χ1n) is 20.1. The van der Waals surface area contributed by atoms with Crippen molar-refractivity contribution in [3.8, 4) is 62.1 Å². The lowest BCUT2D eigenvalue weighted by Gasteiger charge is -2.22. The predicted molar refractivity (Wildman–Crippen MR) is 246 cm³/mol. The molecule has 0 bridgehead atoms. The maximum absolute atomic E-state index is 5.26. The summed E-state index contributed by atoms with van der Waals surface area (Å²) >= 11 is 1.88. The third-order valence-electron chi connectivity index (χ3n) is 12.3. The van der Waals surface area contributed by atoms with Gasteiger partial charge in [-0.1, -0.05) is 153 Å². The molecule has 0 aliphatic heterocycles. The molecule has 59 heavy (non-hydrogen) atoms. The van der Waals surface area contributed by atoms with E-state index in [9.17, 15) is 0 Å². The molecule has 11 aromatic rings. The zero-order valence-electron chi connectivity index (χ0n) is 32.5. The van der Waals surface area contributed by atoms with Gasteiger partial charge in [0.15, 0.2) is 17.5 Å². The highest BCUT2D eigenvalue weighted by molar-refractivity contribution is 7.26. The van der Waals surface area contributed by atoms with E-state index in [0.717, 1.165) is 33.4 Å². The molecule has 1 aliphatic carbocycles. The fraction of sp³-hybridized carbons (Fsp3) is 0.0556. The predicted octanol–water partition coefficient (Wildman–Crippen LogP) is 14.3. The molecule has 5 heteroatoms. The Labute approximate surface area is 345 Å². The van der Waals surface area contributed by atoms with Gasteiger partial charge >= 0.3 is 0 Å². The monoisotopic (exact) mass is 772 g/mol. The highest BCUT2D eigenvalue weighted by atomic mass is 32.1. The molecule has 0 fully saturated rings. The van der Waals surface area contributed by atoms with E-state index in [1.54, 1.807) is 0 Å². The Balaban J connectivity index is 0.987. The molecule has 0 saturated carbocycles. The summed E-state index contributed by atoms with van der Waals surface area (Å²) in [6.07, 6.45) is 0. The van der Waals surface area contributed by atoms with Gasteiger partial charge < -0.3 is 4.57 Å². The Kier molecular flexibility index (Phi) is 7.41. The summed E-state index contributed by atoms with van der Waals surface area (Å²) < 4.78 is 5.00. The van der Waals surface area contributed by atoms with Gasteiger partial charge in [-0.15, -0.1) is 11.3 Å². The van der Waals surface area contributed by atoms with E-state index < -0.39 is 0 Å². The van der Waals surface area contributed by atoms with E-state index in [2.05, 4.69) is 182 Å². The molecule has 0 saturated heterocycles. The number of benzene rings is 8. The molecule has 12 rings (SSSR count). The van der Waals surface area contributed by atoms with Gasteiger partial charge in [0.1, 0.15) is 0 Å². The topological polar surface area (TPSA) is 43.6 Å². The fourth-order valence-electron chi connectivity index (χ4n) is 9.33. The standard InChI is InChI=1S/C54H36N4S/c1-54(2)45-30-34(38-20-13-21-44-43-19-10-12-23-49(43)59-50(38)44)24-27-39(45)40-28-25-35(31-46(40)54)52-55-51(33-14-5-3-6-15-33)56-53(57-52)36-26-29-42-41-18-9-11-22-47(41)58(48(42)32-36)37-16-7-4-8-17-37/h3-32H,1-2H3. The van der Waals surface area contributed by atoms with Crippen molar-refractivity contribution in [3.63, 3.8) is 0 Å². The second-order valence-corrected chi connectivity index (χ2v) is 17.1. The van der Waals surface area contributed by atoms with Crippen molar-refractivity contribution < 1.29 is 0 Å². The number of hydrogen-bond acceptors (Lipinski definition) is 4. The van der Waals surface area contributed by atoms with Crippen molar-refractivity contribution in [1.29, 1.82) is 0 Å².